The summed E-state index contributed by atoms with van der Waals surface area (Å²) < 4.78 is 34.6. The number of nitrogens with zero attached hydrogens (tertiary/aromatic N) is 2. The molecule has 0 unspecified atom stereocenters. The van der Waals surface area contributed by atoms with Crippen LogP contribution in [0.4, 0.5) is 0 Å². The summed E-state index contributed by atoms with van der Waals surface area (Å²) in [6.07, 6.45) is 3.87. The van der Waals surface area contributed by atoms with Gasteiger partial charge in [-0.25, -0.2) is 13.2 Å². The lowest BCUT2D eigenvalue weighted by molar-refractivity contribution is -0.535. The van der Waals surface area contributed by atoms with Crippen molar-refractivity contribution in [3.63, 3.8) is 0 Å². The minimum atomic E-state index is -3.91. The summed E-state index contributed by atoms with van der Waals surface area (Å²) in [7, 11) is -3.91. The number of ether oxygens (including phenoxy) is 1. The van der Waals surface area contributed by atoms with Gasteiger partial charge in [0.1, 0.15) is 0 Å². The average molecular weight is 590 g/mol. The second kappa shape index (κ2) is 11.2. The highest BCUT2D eigenvalue weighted by Crippen LogP contribution is 2.49. The van der Waals surface area contributed by atoms with E-state index >= 15 is 0 Å². The Balaban J connectivity index is 1.79. The number of sulfonamides is 1. The highest BCUT2D eigenvalue weighted by molar-refractivity contribution is 9.10. The third-order valence-corrected chi connectivity index (χ3v) is 9.33. The molecule has 8 nitrogen and oxygen atoms in total. The Labute approximate surface area is 225 Å². The molecule has 1 heterocycles. The first-order valence-corrected chi connectivity index (χ1v) is 14.4. The third kappa shape index (κ3) is 5.65. The van der Waals surface area contributed by atoms with Crippen LogP contribution in [-0.4, -0.2) is 42.8 Å². The smallest absolute Gasteiger partial charge is 0.330 e. The Bertz CT molecular complexity index is 1340. The van der Waals surface area contributed by atoms with Gasteiger partial charge >= 0.3 is 5.97 Å². The Hall–Kier alpha value is -2.98. The van der Waals surface area contributed by atoms with Crippen molar-refractivity contribution in [2.75, 3.05) is 13.2 Å². The van der Waals surface area contributed by atoms with Gasteiger partial charge in [0.15, 0.2) is 0 Å². The van der Waals surface area contributed by atoms with Gasteiger partial charge in [-0.2, -0.15) is 0 Å². The first kappa shape index (κ1) is 27.1. The third-order valence-electron chi connectivity index (χ3n) is 6.97. The van der Waals surface area contributed by atoms with Gasteiger partial charge in [0.2, 0.25) is 6.04 Å². The summed E-state index contributed by atoms with van der Waals surface area (Å²) >= 11 is 3.42. The normalized spacial score (nSPS) is 21.8. The predicted octanol–water partition coefficient (Wildman–Crippen LogP) is 5.36. The SMILES string of the molecule is CCOC(=O)/C=C\C[C@H]1C2=C(CCN2S(=O)(=O)c2ccc(C)cc2)C[C@@H](c2ccc(Br)cc2)[C@@H]1[N+](=O)[O-]. The van der Waals surface area contributed by atoms with E-state index in [1.165, 1.54) is 10.4 Å². The van der Waals surface area contributed by atoms with Crippen molar-refractivity contribution in [2.24, 2.45) is 5.92 Å². The van der Waals surface area contributed by atoms with E-state index in [-0.39, 0.29) is 29.4 Å². The van der Waals surface area contributed by atoms with Crippen molar-refractivity contribution in [1.29, 1.82) is 0 Å². The fraction of sp³-hybridized carbons (Fsp3) is 0.370. The number of halogens is 1. The van der Waals surface area contributed by atoms with E-state index in [1.807, 2.05) is 31.2 Å². The highest BCUT2D eigenvalue weighted by Gasteiger charge is 2.51. The molecule has 3 atom stereocenters. The Morgan fingerprint density at radius 1 is 1.19 bits per heavy atom. The van der Waals surface area contributed by atoms with Crippen LogP contribution in [0.25, 0.3) is 0 Å². The fourth-order valence-electron chi connectivity index (χ4n) is 5.30. The second-order valence-electron chi connectivity index (χ2n) is 9.26. The molecule has 0 saturated heterocycles. The molecule has 0 aromatic heterocycles. The number of aryl methyl sites for hydroxylation is 1. The molecule has 2 aliphatic rings. The summed E-state index contributed by atoms with van der Waals surface area (Å²) in [5.41, 5.74) is 3.17. The molecule has 196 valence electrons. The van der Waals surface area contributed by atoms with Crippen molar-refractivity contribution >= 4 is 31.9 Å². The van der Waals surface area contributed by atoms with E-state index in [0.29, 0.717) is 18.5 Å². The zero-order valence-electron chi connectivity index (χ0n) is 20.7. The van der Waals surface area contributed by atoms with Crippen LogP contribution in [0.2, 0.25) is 0 Å². The van der Waals surface area contributed by atoms with Gasteiger partial charge in [0.05, 0.1) is 23.3 Å². The van der Waals surface area contributed by atoms with E-state index in [1.54, 1.807) is 37.3 Å². The number of carbonyl (C=O) groups excluding carboxylic acids is 1. The maximum atomic E-state index is 13.7. The molecule has 10 heteroatoms. The first-order valence-electron chi connectivity index (χ1n) is 12.2. The zero-order chi connectivity index (χ0) is 26.7. The van der Waals surface area contributed by atoms with E-state index in [9.17, 15) is 23.3 Å². The number of hydrogen-bond acceptors (Lipinski definition) is 6. The molecule has 4 rings (SSSR count). The van der Waals surface area contributed by atoms with E-state index in [2.05, 4.69) is 15.9 Å². The van der Waals surface area contributed by atoms with Crippen molar-refractivity contribution in [3.8, 4) is 0 Å². The summed E-state index contributed by atoms with van der Waals surface area (Å²) in [6.45, 7) is 4.02. The minimum Gasteiger partial charge on any atom is -0.463 e. The maximum absolute atomic E-state index is 13.7. The van der Waals surface area contributed by atoms with Gasteiger partial charge in [-0.3, -0.25) is 14.4 Å². The molecule has 2 aromatic carbocycles. The van der Waals surface area contributed by atoms with Crippen LogP contribution < -0.4 is 0 Å². The molecule has 0 saturated carbocycles. The molecule has 1 aliphatic heterocycles. The topological polar surface area (TPSA) is 107 Å². The van der Waals surface area contributed by atoms with Gasteiger partial charge in [-0.1, -0.05) is 51.8 Å². The van der Waals surface area contributed by atoms with E-state index in [4.69, 9.17) is 4.74 Å². The van der Waals surface area contributed by atoms with Crippen LogP contribution in [0.3, 0.4) is 0 Å². The minimum absolute atomic E-state index is 0.135. The molecule has 0 spiro atoms. The van der Waals surface area contributed by atoms with Crippen molar-refractivity contribution in [2.45, 2.75) is 50.0 Å². The van der Waals surface area contributed by atoms with Gasteiger partial charge < -0.3 is 4.74 Å². The Morgan fingerprint density at radius 2 is 1.86 bits per heavy atom. The molecule has 0 fully saturated rings. The van der Waals surface area contributed by atoms with Crippen molar-refractivity contribution < 1.29 is 22.9 Å². The molecule has 1 aliphatic carbocycles. The van der Waals surface area contributed by atoms with Gasteiger partial charge in [0.25, 0.3) is 10.0 Å². The number of hydrogen-bond donors (Lipinski definition) is 0. The van der Waals surface area contributed by atoms with Crippen LogP contribution in [0.1, 0.15) is 43.2 Å². The molecular formula is C27H29BrN2O6S. The monoisotopic (exact) mass is 588 g/mol. The van der Waals surface area contributed by atoms with Gasteiger partial charge in [-0.05, 0) is 68.5 Å². The second-order valence-corrected chi connectivity index (χ2v) is 12.0. The van der Waals surface area contributed by atoms with E-state index in [0.717, 1.165) is 21.2 Å². The number of esters is 1. The molecule has 2 aromatic rings. The van der Waals surface area contributed by atoms with Crippen LogP contribution in [0.15, 0.2) is 81.3 Å². The summed E-state index contributed by atoms with van der Waals surface area (Å²) in [5, 5.41) is 12.6. The fourth-order valence-corrected chi connectivity index (χ4v) is 7.16. The average Bonchev–Trinajstić information content (AvgIpc) is 3.29. The lowest BCUT2D eigenvalue weighted by atomic mass is 9.72. The maximum Gasteiger partial charge on any atom is 0.330 e. The zero-order valence-corrected chi connectivity index (χ0v) is 23.1. The summed E-state index contributed by atoms with van der Waals surface area (Å²) in [6, 6.07) is 13.0. The first-order chi connectivity index (χ1) is 17.6. The molecular weight excluding hydrogens is 560 g/mol. The van der Waals surface area contributed by atoms with Crippen LogP contribution >= 0.6 is 15.9 Å². The van der Waals surface area contributed by atoms with Crippen molar-refractivity contribution in [3.05, 3.63) is 97.7 Å². The quantitative estimate of drug-likeness (QED) is 0.178. The standard InChI is InChI=1S/C27H29BrN2O6S/c1-3-36-25(31)6-4-5-23-26-20(15-16-29(26)37(34,35)22-13-7-18(2)8-14-22)17-24(27(23)30(32)33)19-9-11-21(28)12-10-19/h4,6-14,23-24,27H,3,5,15-17H2,1-2H3/b6-4-/t23-,24-,27+/m0/s1. The van der Waals surface area contributed by atoms with Gasteiger partial charge in [0, 0.05) is 27.7 Å². The molecule has 37 heavy (non-hydrogen) atoms. The van der Waals surface area contributed by atoms with Crippen molar-refractivity contribution in [1.82, 2.24) is 4.31 Å². The van der Waals surface area contributed by atoms with Crippen LogP contribution in [0, 0.1) is 23.0 Å². The summed E-state index contributed by atoms with van der Waals surface area (Å²) in [4.78, 5) is 24.3. The number of carbonyl (C=O) groups is 1. The van der Waals surface area contributed by atoms with Crippen LogP contribution in [-0.2, 0) is 19.6 Å². The number of benzene rings is 2. The van der Waals surface area contributed by atoms with Gasteiger partial charge in [-0.15, -0.1) is 0 Å². The lowest BCUT2D eigenvalue weighted by Gasteiger charge is -2.36. The summed E-state index contributed by atoms with van der Waals surface area (Å²) in [5.74, 6) is -1.70. The number of allylic oxidation sites excluding steroid dienone is 1. The number of nitro groups is 1. The van der Waals surface area contributed by atoms with E-state index < -0.39 is 33.9 Å². The molecule has 0 radical (unpaired) electrons. The molecule has 0 N–H and O–H groups in total. The Kier molecular flexibility index (Phi) is 8.18. The largest absolute Gasteiger partial charge is 0.463 e. The number of rotatable bonds is 8. The van der Waals surface area contributed by atoms with Crippen LogP contribution in [0.5, 0.6) is 0 Å². The lowest BCUT2D eigenvalue weighted by Crippen LogP contribution is -2.43. The predicted molar refractivity (Wildman–Crippen MR) is 143 cm³/mol. The highest BCUT2D eigenvalue weighted by atomic mass is 79.9. The molecule has 0 bridgehead atoms. The Morgan fingerprint density at radius 3 is 2.49 bits per heavy atom. The molecule has 0 amide bonds.